The molecule has 1 saturated heterocycles. The second-order valence-electron chi connectivity index (χ2n) is 13.6. The number of carbonyl (C=O) groups excluding carboxylic acids is 3. The maximum absolute atomic E-state index is 13.2. The van der Waals surface area contributed by atoms with Crippen molar-refractivity contribution < 1.29 is 38.1 Å². The van der Waals surface area contributed by atoms with Crippen LogP contribution in [0.4, 0.5) is 0 Å². The Labute approximate surface area is 265 Å². The highest BCUT2D eigenvalue weighted by Gasteiger charge is 2.44. The van der Waals surface area contributed by atoms with E-state index < -0.39 is 35.7 Å². The van der Waals surface area contributed by atoms with E-state index in [0.717, 1.165) is 18.4 Å². The Morgan fingerprint density at radius 3 is 2.45 bits per heavy atom. The van der Waals surface area contributed by atoms with Gasteiger partial charge in [0.05, 0.1) is 18.6 Å². The van der Waals surface area contributed by atoms with Gasteiger partial charge in [-0.25, -0.2) is 4.79 Å². The summed E-state index contributed by atoms with van der Waals surface area (Å²) in [5.41, 5.74) is 0.418. The minimum Gasteiger partial charge on any atom is -0.460 e. The third kappa shape index (κ3) is 12.5. The van der Waals surface area contributed by atoms with E-state index in [1.165, 1.54) is 6.92 Å². The maximum atomic E-state index is 13.2. The van der Waals surface area contributed by atoms with Crippen LogP contribution in [0, 0.1) is 29.1 Å². The molecule has 8 nitrogen and oxygen atoms in total. The molecule has 0 aromatic rings. The van der Waals surface area contributed by atoms with Crippen LogP contribution in [-0.2, 0) is 38.1 Å². The van der Waals surface area contributed by atoms with E-state index in [4.69, 9.17) is 23.7 Å². The number of ether oxygens (including phenoxy) is 5. The standard InChI is InChI=1S/C36H58O8/c1-11-24(4)27(7)35-30(43-35)20-23(3)14-13-15-25(5)34-26(6)16-17-31(41-28(8)37)36(9,10)19-18-29(21-32(38)44-34)42-33(39)22-40-12-2/h13-17,23-24,26-27,29-31,34-35H,11-12,18-22H2,1-10H3/b14-13+,17-16-,25-15+. The summed E-state index contributed by atoms with van der Waals surface area (Å²) in [5, 5.41) is 0. The molecule has 2 rings (SSSR count). The highest BCUT2D eigenvalue weighted by Crippen LogP contribution is 2.38. The van der Waals surface area contributed by atoms with Gasteiger partial charge in [-0.3, -0.25) is 9.59 Å². The van der Waals surface area contributed by atoms with Gasteiger partial charge >= 0.3 is 17.9 Å². The van der Waals surface area contributed by atoms with Crippen LogP contribution in [0.3, 0.4) is 0 Å². The SMILES string of the molecule is CCOCC(=O)OC1CCC(C)(C)C(OC(C)=O)/C=C\C(C)C(/C(C)=C/C=C/C(C)CC2OC2C(C)C(C)CC)OC(=O)C1. The first-order valence-electron chi connectivity index (χ1n) is 16.5. The molecule has 0 aromatic heterocycles. The maximum Gasteiger partial charge on any atom is 0.332 e. The van der Waals surface area contributed by atoms with Crippen LogP contribution < -0.4 is 0 Å². The van der Waals surface area contributed by atoms with Crippen LogP contribution in [0.2, 0.25) is 0 Å². The quantitative estimate of drug-likeness (QED) is 0.0705. The molecule has 2 heterocycles. The number of hydrogen-bond acceptors (Lipinski definition) is 8. The highest BCUT2D eigenvalue weighted by atomic mass is 16.6. The molecule has 2 aliphatic heterocycles. The molecule has 8 heteroatoms. The van der Waals surface area contributed by atoms with E-state index in [-0.39, 0.29) is 24.9 Å². The predicted octanol–water partition coefficient (Wildman–Crippen LogP) is 7.16. The molecule has 0 aromatic carbocycles. The molecule has 1 fully saturated rings. The van der Waals surface area contributed by atoms with E-state index in [2.05, 4.69) is 33.8 Å². The summed E-state index contributed by atoms with van der Waals surface area (Å²) >= 11 is 0. The van der Waals surface area contributed by atoms with Gasteiger partial charge in [0.25, 0.3) is 0 Å². The van der Waals surface area contributed by atoms with Gasteiger partial charge in [0.2, 0.25) is 0 Å². The van der Waals surface area contributed by atoms with Crippen molar-refractivity contribution in [3.63, 3.8) is 0 Å². The van der Waals surface area contributed by atoms with E-state index in [9.17, 15) is 14.4 Å². The van der Waals surface area contributed by atoms with Crippen LogP contribution in [0.5, 0.6) is 0 Å². The summed E-state index contributed by atoms with van der Waals surface area (Å²) in [6.07, 6.45) is 12.0. The number of hydrogen-bond donors (Lipinski definition) is 0. The Kier molecular flexibility index (Phi) is 15.3. The van der Waals surface area contributed by atoms with E-state index >= 15 is 0 Å². The third-order valence-electron chi connectivity index (χ3n) is 9.15. The van der Waals surface area contributed by atoms with Crippen LogP contribution in [0.1, 0.15) is 101 Å². The van der Waals surface area contributed by atoms with Crippen LogP contribution >= 0.6 is 0 Å². The molecule has 9 atom stereocenters. The van der Waals surface area contributed by atoms with Crippen molar-refractivity contribution in [3.05, 3.63) is 36.0 Å². The van der Waals surface area contributed by atoms with Crippen molar-refractivity contribution in [2.45, 2.75) is 132 Å². The van der Waals surface area contributed by atoms with Crippen LogP contribution in [0.15, 0.2) is 36.0 Å². The third-order valence-corrected chi connectivity index (χ3v) is 9.15. The van der Waals surface area contributed by atoms with Gasteiger partial charge in [0.1, 0.15) is 24.9 Å². The van der Waals surface area contributed by atoms with Gasteiger partial charge in [-0.15, -0.1) is 0 Å². The lowest BCUT2D eigenvalue weighted by Gasteiger charge is -2.34. The summed E-state index contributed by atoms with van der Waals surface area (Å²) in [4.78, 5) is 37.6. The Morgan fingerprint density at radius 2 is 1.82 bits per heavy atom. The fourth-order valence-electron chi connectivity index (χ4n) is 5.73. The largest absolute Gasteiger partial charge is 0.460 e. The molecule has 0 N–H and O–H groups in total. The zero-order chi connectivity index (χ0) is 33.0. The van der Waals surface area contributed by atoms with Gasteiger partial charge in [0.15, 0.2) is 0 Å². The molecule has 0 amide bonds. The molecule has 0 spiro atoms. The number of epoxide rings is 1. The molecule has 2 aliphatic rings. The zero-order valence-corrected chi connectivity index (χ0v) is 28.8. The summed E-state index contributed by atoms with van der Waals surface area (Å²) in [5.74, 6) is 0.0264. The van der Waals surface area contributed by atoms with Gasteiger partial charge in [-0.05, 0) is 62.5 Å². The van der Waals surface area contributed by atoms with E-state index in [0.29, 0.717) is 49.4 Å². The van der Waals surface area contributed by atoms with Crippen molar-refractivity contribution in [2.24, 2.45) is 29.1 Å². The number of rotatable bonds is 13. The Bertz CT molecular complexity index is 1030. The van der Waals surface area contributed by atoms with Crippen molar-refractivity contribution in [1.29, 1.82) is 0 Å². The Balaban J connectivity index is 2.22. The highest BCUT2D eigenvalue weighted by molar-refractivity contribution is 5.73. The molecule has 9 unspecified atom stereocenters. The van der Waals surface area contributed by atoms with Crippen molar-refractivity contribution >= 4 is 17.9 Å². The average molecular weight is 619 g/mol. The molecule has 0 radical (unpaired) electrons. The summed E-state index contributed by atoms with van der Waals surface area (Å²) in [6, 6.07) is 0. The molecule has 0 bridgehead atoms. The molecule has 250 valence electrons. The lowest BCUT2D eigenvalue weighted by molar-refractivity contribution is -0.161. The minimum atomic E-state index is -0.686. The summed E-state index contributed by atoms with van der Waals surface area (Å²) in [7, 11) is 0. The van der Waals surface area contributed by atoms with Crippen LogP contribution in [-0.4, -0.2) is 61.6 Å². The Morgan fingerprint density at radius 1 is 1.11 bits per heavy atom. The van der Waals surface area contributed by atoms with Crippen molar-refractivity contribution in [2.75, 3.05) is 13.2 Å². The predicted molar refractivity (Wildman–Crippen MR) is 172 cm³/mol. The fraction of sp³-hybridized carbons (Fsp3) is 0.750. The first kappa shape index (κ1) is 37.7. The smallest absolute Gasteiger partial charge is 0.332 e. The number of esters is 3. The fourth-order valence-corrected chi connectivity index (χ4v) is 5.73. The molecule has 44 heavy (non-hydrogen) atoms. The summed E-state index contributed by atoms with van der Waals surface area (Å²) < 4.78 is 28.6. The molecule has 0 aliphatic carbocycles. The second-order valence-corrected chi connectivity index (χ2v) is 13.6. The topological polar surface area (TPSA) is 101 Å². The average Bonchev–Trinajstić information content (AvgIpc) is 3.72. The zero-order valence-electron chi connectivity index (χ0n) is 28.8. The van der Waals surface area contributed by atoms with Gasteiger partial charge in [0, 0.05) is 24.9 Å². The lowest BCUT2D eigenvalue weighted by atomic mass is 9.79. The minimum absolute atomic E-state index is 0.0725. The van der Waals surface area contributed by atoms with Gasteiger partial charge < -0.3 is 23.7 Å². The Hall–Kier alpha value is -2.45. The first-order valence-corrected chi connectivity index (χ1v) is 16.5. The van der Waals surface area contributed by atoms with Crippen molar-refractivity contribution in [1.82, 2.24) is 0 Å². The molecule has 0 saturated carbocycles. The normalized spacial score (nSPS) is 30.7. The number of cyclic esters (lactones) is 1. The molecular formula is C36H58O8. The van der Waals surface area contributed by atoms with Gasteiger partial charge in [-0.1, -0.05) is 79.2 Å². The van der Waals surface area contributed by atoms with Crippen molar-refractivity contribution in [3.8, 4) is 0 Å². The molecular weight excluding hydrogens is 560 g/mol. The van der Waals surface area contributed by atoms with Gasteiger partial charge in [-0.2, -0.15) is 0 Å². The number of allylic oxidation sites excluding steroid dienone is 3. The number of carbonyl (C=O) groups is 3. The van der Waals surface area contributed by atoms with Crippen LogP contribution in [0.25, 0.3) is 0 Å². The first-order chi connectivity index (χ1) is 20.7. The lowest BCUT2D eigenvalue weighted by Crippen LogP contribution is -2.36. The van der Waals surface area contributed by atoms with E-state index in [1.807, 2.05) is 52.0 Å². The monoisotopic (exact) mass is 618 g/mol. The summed E-state index contributed by atoms with van der Waals surface area (Å²) in [6.45, 7) is 20.3. The van der Waals surface area contributed by atoms with E-state index in [1.54, 1.807) is 6.92 Å². The second kappa shape index (κ2) is 17.9.